The Balaban J connectivity index is 2.06. The number of aryl methyl sites for hydroxylation is 1. The molecule has 2 aromatic rings. The average Bonchev–Trinajstić information content (AvgIpc) is 2.48. The molecule has 3 nitrogen and oxygen atoms in total. The molecule has 1 N–H and O–H groups in total. The minimum absolute atomic E-state index is 0.192. The third-order valence-electron chi connectivity index (χ3n) is 3.12. The van der Waals surface area contributed by atoms with Gasteiger partial charge in [-0.15, -0.1) is 0 Å². The number of anilines is 1. The number of amides is 1. The number of benzene rings is 2. The van der Waals surface area contributed by atoms with Crippen molar-refractivity contribution in [3.05, 3.63) is 57.5 Å². The van der Waals surface area contributed by atoms with Crippen molar-refractivity contribution in [3.8, 4) is 5.75 Å². The molecule has 0 spiro atoms. The highest BCUT2D eigenvalue weighted by Gasteiger charge is 2.18. The van der Waals surface area contributed by atoms with Crippen LogP contribution in [0.3, 0.4) is 0 Å². The Labute approximate surface area is 143 Å². The lowest BCUT2D eigenvalue weighted by molar-refractivity contribution is -0.122. The lowest BCUT2D eigenvalue weighted by Gasteiger charge is -2.17. The number of carbonyl (C=O) groups is 1. The fourth-order valence-corrected chi connectivity index (χ4v) is 2.40. The number of hydrogen-bond donors (Lipinski definition) is 1. The van der Waals surface area contributed by atoms with Crippen molar-refractivity contribution < 1.29 is 9.53 Å². The van der Waals surface area contributed by atoms with Crippen molar-refractivity contribution in [1.29, 1.82) is 0 Å². The zero-order valence-electron chi connectivity index (χ0n) is 12.4. The van der Waals surface area contributed by atoms with E-state index in [1.165, 1.54) is 0 Å². The summed E-state index contributed by atoms with van der Waals surface area (Å²) in [6.45, 7) is 3.90. The summed E-state index contributed by atoms with van der Waals surface area (Å²) >= 11 is 9.35. The molecule has 0 saturated heterocycles. The van der Waals surface area contributed by atoms with Gasteiger partial charge >= 0.3 is 0 Å². The van der Waals surface area contributed by atoms with Crippen LogP contribution in [-0.4, -0.2) is 12.0 Å². The zero-order valence-corrected chi connectivity index (χ0v) is 14.7. The Hall–Kier alpha value is -1.52. The lowest BCUT2D eigenvalue weighted by Crippen LogP contribution is -2.32. The molecule has 2 aromatic carbocycles. The zero-order chi connectivity index (χ0) is 16.1. The van der Waals surface area contributed by atoms with E-state index < -0.39 is 6.10 Å². The first kappa shape index (κ1) is 16.8. The van der Waals surface area contributed by atoms with Gasteiger partial charge < -0.3 is 10.1 Å². The van der Waals surface area contributed by atoms with E-state index in [0.717, 1.165) is 10.0 Å². The fourth-order valence-electron chi connectivity index (χ4n) is 1.97. The topological polar surface area (TPSA) is 38.3 Å². The Morgan fingerprint density at radius 3 is 2.73 bits per heavy atom. The summed E-state index contributed by atoms with van der Waals surface area (Å²) in [5, 5.41) is 3.37. The molecule has 0 aliphatic heterocycles. The molecule has 0 fully saturated rings. The van der Waals surface area contributed by atoms with Gasteiger partial charge in [0.25, 0.3) is 5.91 Å². The maximum atomic E-state index is 12.3. The summed E-state index contributed by atoms with van der Waals surface area (Å²) in [5.41, 5.74) is 1.73. The molecule has 116 valence electrons. The molecule has 1 amide bonds. The van der Waals surface area contributed by atoms with Crippen LogP contribution < -0.4 is 10.1 Å². The predicted molar refractivity (Wildman–Crippen MR) is 93.7 cm³/mol. The van der Waals surface area contributed by atoms with Crippen LogP contribution in [0, 0.1) is 6.92 Å². The largest absolute Gasteiger partial charge is 0.481 e. The summed E-state index contributed by atoms with van der Waals surface area (Å²) in [6, 6.07) is 12.9. The number of hydrogen-bond acceptors (Lipinski definition) is 2. The highest BCUT2D eigenvalue weighted by molar-refractivity contribution is 9.10. The van der Waals surface area contributed by atoms with Crippen LogP contribution in [0.4, 0.5) is 5.69 Å². The van der Waals surface area contributed by atoms with Crippen molar-refractivity contribution in [1.82, 2.24) is 0 Å². The Morgan fingerprint density at radius 1 is 1.32 bits per heavy atom. The van der Waals surface area contributed by atoms with Gasteiger partial charge in [-0.05, 0) is 65.2 Å². The number of carbonyl (C=O) groups excluding carboxylic acids is 1. The van der Waals surface area contributed by atoms with E-state index in [9.17, 15) is 4.79 Å². The Kier molecular flexibility index (Phi) is 5.86. The molecular weight excluding hydrogens is 366 g/mol. The predicted octanol–water partition coefficient (Wildman–Crippen LogP) is 5.21. The third kappa shape index (κ3) is 4.49. The van der Waals surface area contributed by atoms with Crippen LogP contribution in [-0.2, 0) is 4.79 Å². The van der Waals surface area contributed by atoms with Gasteiger partial charge in [-0.3, -0.25) is 4.79 Å². The second kappa shape index (κ2) is 7.65. The van der Waals surface area contributed by atoms with Crippen molar-refractivity contribution in [3.63, 3.8) is 0 Å². The van der Waals surface area contributed by atoms with Gasteiger partial charge in [0, 0.05) is 10.2 Å². The van der Waals surface area contributed by atoms with Crippen molar-refractivity contribution in [2.24, 2.45) is 0 Å². The van der Waals surface area contributed by atoms with Crippen LogP contribution in [0.1, 0.15) is 18.9 Å². The molecule has 0 aliphatic carbocycles. The van der Waals surface area contributed by atoms with Gasteiger partial charge in [0.2, 0.25) is 0 Å². The Bertz CT molecular complexity index is 675. The summed E-state index contributed by atoms with van der Waals surface area (Å²) in [7, 11) is 0. The van der Waals surface area contributed by atoms with Crippen molar-refractivity contribution in [2.75, 3.05) is 5.32 Å². The van der Waals surface area contributed by atoms with Crippen LogP contribution >= 0.6 is 27.5 Å². The first-order valence-corrected chi connectivity index (χ1v) is 8.16. The van der Waals surface area contributed by atoms with Crippen LogP contribution in [0.25, 0.3) is 0 Å². The van der Waals surface area contributed by atoms with Gasteiger partial charge in [-0.1, -0.05) is 30.7 Å². The number of nitrogens with one attached hydrogen (secondary N) is 1. The second-order valence-corrected chi connectivity index (χ2v) is 6.21. The summed E-state index contributed by atoms with van der Waals surface area (Å²) < 4.78 is 6.57. The highest BCUT2D eigenvalue weighted by Crippen LogP contribution is 2.26. The average molecular weight is 383 g/mol. The van der Waals surface area contributed by atoms with Crippen molar-refractivity contribution in [2.45, 2.75) is 26.4 Å². The van der Waals surface area contributed by atoms with E-state index in [-0.39, 0.29) is 5.91 Å². The summed E-state index contributed by atoms with van der Waals surface area (Å²) in [4.78, 5) is 12.3. The van der Waals surface area contributed by atoms with Gasteiger partial charge in [0.15, 0.2) is 6.10 Å². The SMILES string of the molecule is CC[C@H](Oc1cccc(C)c1)C(=O)Nc1ccc(Br)c(Cl)c1. The molecule has 5 heteroatoms. The van der Waals surface area contributed by atoms with E-state index in [1.807, 2.05) is 38.1 Å². The Morgan fingerprint density at radius 2 is 2.09 bits per heavy atom. The van der Waals surface area contributed by atoms with Gasteiger partial charge in [-0.25, -0.2) is 0 Å². The molecule has 0 saturated carbocycles. The van der Waals surface area contributed by atoms with Crippen molar-refractivity contribution >= 4 is 39.1 Å². The minimum Gasteiger partial charge on any atom is -0.481 e. The van der Waals surface area contributed by atoms with Gasteiger partial charge in [-0.2, -0.15) is 0 Å². The number of rotatable bonds is 5. The number of ether oxygens (including phenoxy) is 1. The molecule has 0 unspecified atom stereocenters. The molecule has 0 aliphatic rings. The maximum absolute atomic E-state index is 12.3. The maximum Gasteiger partial charge on any atom is 0.265 e. The van der Waals surface area contributed by atoms with Crippen LogP contribution in [0.5, 0.6) is 5.75 Å². The van der Waals surface area contributed by atoms with E-state index >= 15 is 0 Å². The minimum atomic E-state index is -0.552. The molecule has 2 rings (SSSR count). The summed E-state index contributed by atoms with van der Waals surface area (Å²) in [6.07, 6.45) is 0.0218. The quantitative estimate of drug-likeness (QED) is 0.771. The highest BCUT2D eigenvalue weighted by atomic mass is 79.9. The molecule has 0 bridgehead atoms. The fraction of sp³-hybridized carbons (Fsp3) is 0.235. The first-order chi connectivity index (χ1) is 10.5. The summed E-state index contributed by atoms with van der Waals surface area (Å²) in [5.74, 6) is 0.498. The molecule has 1 atom stereocenters. The van der Waals surface area contributed by atoms with Gasteiger partial charge in [0.1, 0.15) is 5.75 Å². The molecular formula is C17H17BrClNO2. The van der Waals surface area contributed by atoms with Crippen LogP contribution in [0.15, 0.2) is 46.9 Å². The van der Waals surface area contributed by atoms with E-state index in [4.69, 9.17) is 16.3 Å². The molecule has 22 heavy (non-hydrogen) atoms. The molecule has 0 heterocycles. The van der Waals surface area contributed by atoms with E-state index in [2.05, 4.69) is 21.2 Å². The van der Waals surface area contributed by atoms with E-state index in [1.54, 1.807) is 18.2 Å². The smallest absolute Gasteiger partial charge is 0.265 e. The third-order valence-corrected chi connectivity index (χ3v) is 4.35. The molecule has 0 aromatic heterocycles. The monoisotopic (exact) mass is 381 g/mol. The standard InChI is InChI=1S/C17H17BrClNO2/c1-3-16(22-13-6-4-5-11(2)9-13)17(21)20-12-7-8-14(18)15(19)10-12/h4-10,16H,3H2,1-2H3,(H,20,21)/t16-/m0/s1. The van der Waals surface area contributed by atoms with Gasteiger partial charge in [0.05, 0.1) is 5.02 Å². The lowest BCUT2D eigenvalue weighted by atomic mass is 10.2. The van der Waals surface area contributed by atoms with E-state index in [0.29, 0.717) is 22.9 Å². The first-order valence-electron chi connectivity index (χ1n) is 6.99. The van der Waals surface area contributed by atoms with Crippen LogP contribution in [0.2, 0.25) is 5.02 Å². The second-order valence-electron chi connectivity index (χ2n) is 4.95. The normalized spacial score (nSPS) is 11.8. The number of halogens is 2. The molecule has 0 radical (unpaired) electrons.